The van der Waals surface area contributed by atoms with E-state index in [1.54, 1.807) is 0 Å². The molecule has 0 aromatic heterocycles. The maximum Gasteiger partial charge on any atom is 0.0107 e. The van der Waals surface area contributed by atoms with Crippen molar-refractivity contribution in [3.8, 4) is 0 Å². The number of nitrogens with one attached hydrogen (secondary N) is 1. The van der Waals surface area contributed by atoms with Gasteiger partial charge in [0.25, 0.3) is 0 Å². The summed E-state index contributed by atoms with van der Waals surface area (Å²) in [4.78, 5) is 0. The van der Waals surface area contributed by atoms with E-state index in [9.17, 15) is 0 Å². The lowest BCUT2D eigenvalue weighted by atomic mass is 9.97. The predicted octanol–water partition coefficient (Wildman–Crippen LogP) is 2.86. The Balaban J connectivity index is 2.48. The largest absolute Gasteiger partial charge is 0.317 e. The SMILES string of the molecule is CNC(Cc1ccccc1)CC(C)C. The van der Waals surface area contributed by atoms with E-state index < -0.39 is 0 Å². The third-order valence-electron chi connectivity index (χ3n) is 2.49. The standard InChI is InChI=1S/C13H21N/c1-11(2)9-13(14-3)10-12-7-5-4-6-8-12/h4-8,11,13-14H,9-10H2,1-3H3. The van der Waals surface area contributed by atoms with Crippen molar-refractivity contribution < 1.29 is 0 Å². The van der Waals surface area contributed by atoms with Crippen LogP contribution in [0.3, 0.4) is 0 Å². The maximum atomic E-state index is 3.38. The second-order valence-corrected chi connectivity index (χ2v) is 4.30. The normalized spacial score (nSPS) is 13.1. The first kappa shape index (κ1) is 11.3. The summed E-state index contributed by atoms with van der Waals surface area (Å²) in [6, 6.07) is 11.3. The molecule has 0 bridgehead atoms. The molecule has 0 spiro atoms. The molecule has 1 aromatic rings. The molecule has 1 rings (SSSR count). The van der Waals surface area contributed by atoms with Crippen LogP contribution in [0.4, 0.5) is 0 Å². The second-order valence-electron chi connectivity index (χ2n) is 4.30. The Labute approximate surface area is 87.5 Å². The minimum absolute atomic E-state index is 0.609. The van der Waals surface area contributed by atoms with Crippen molar-refractivity contribution in [2.24, 2.45) is 5.92 Å². The van der Waals surface area contributed by atoms with Crippen LogP contribution < -0.4 is 5.32 Å². The molecule has 0 aliphatic rings. The summed E-state index contributed by atoms with van der Waals surface area (Å²) in [7, 11) is 2.05. The molecule has 1 N–H and O–H groups in total. The molecule has 78 valence electrons. The zero-order valence-corrected chi connectivity index (χ0v) is 9.46. The van der Waals surface area contributed by atoms with Crippen LogP contribution in [-0.4, -0.2) is 13.1 Å². The Morgan fingerprint density at radius 3 is 2.29 bits per heavy atom. The summed E-state index contributed by atoms with van der Waals surface area (Å²) < 4.78 is 0. The van der Waals surface area contributed by atoms with E-state index in [0.717, 1.165) is 12.3 Å². The predicted molar refractivity (Wildman–Crippen MR) is 62.4 cm³/mol. The first-order chi connectivity index (χ1) is 6.72. The fourth-order valence-corrected chi connectivity index (χ4v) is 1.77. The molecule has 0 saturated heterocycles. The number of likely N-dealkylation sites (N-methyl/N-ethyl adjacent to an activating group) is 1. The Bertz CT molecular complexity index is 241. The molecule has 0 aliphatic carbocycles. The van der Waals surface area contributed by atoms with E-state index in [0.29, 0.717) is 6.04 Å². The first-order valence-electron chi connectivity index (χ1n) is 5.43. The van der Waals surface area contributed by atoms with Crippen molar-refractivity contribution in [3.63, 3.8) is 0 Å². The van der Waals surface area contributed by atoms with Crippen molar-refractivity contribution in [1.82, 2.24) is 5.32 Å². The lowest BCUT2D eigenvalue weighted by Crippen LogP contribution is -2.29. The van der Waals surface area contributed by atoms with Crippen LogP contribution >= 0.6 is 0 Å². The lowest BCUT2D eigenvalue weighted by molar-refractivity contribution is 0.441. The minimum Gasteiger partial charge on any atom is -0.317 e. The molecule has 0 aliphatic heterocycles. The topological polar surface area (TPSA) is 12.0 Å². The van der Waals surface area contributed by atoms with Crippen LogP contribution in [0.1, 0.15) is 25.8 Å². The first-order valence-corrected chi connectivity index (χ1v) is 5.43. The van der Waals surface area contributed by atoms with Crippen molar-refractivity contribution in [1.29, 1.82) is 0 Å². The third-order valence-corrected chi connectivity index (χ3v) is 2.49. The highest BCUT2D eigenvalue weighted by molar-refractivity contribution is 5.15. The van der Waals surface area contributed by atoms with Gasteiger partial charge in [0.05, 0.1) is 0 Å². The molecule has 0 amide bonds. The Morgan fingerprint density at radius 1 is 1.14 bits per heavy atom. The van der Waals surface area contributed by atoms with Gasteiger partial charge in [-0.2, -0.15) is 0 Å². The van der Waals surface area contributed by atoms with E-state index in [1.807, 2.05) is 0 Å². The number of benzene rings is 1. The van der Waals surface area contributed by atoms with Gasteiger partial charge in [0.1, 0.15) is 0 Å². The second kappa shape index (κ2) is 5.82. The highest BCUT2D eigenvalue weighted by Gasteiger charge is 2.08. The molecule has 1 heteroatoms. The van der Waals surface area contributed by atoms with E-state index in [-0.39, 0.29) is 0 Å². The Hall–Kier alpha value is -0.820. The van der Waals surface area contributed by atoms with Crippen molar-refractivity contribution >= 4 is 0 Å². The zero-order chi connectivity index (χ0) is 10.4. The van der Waals surface area contributed by atoms with Gasteiger partial charge in [-0.1, -0.05) is 44.2 Å². The molecule has 1 aromatic carbocycles. The molecule has 0 fully saturated rings. The number of hydrogen-bond acceptors (Lipinski definition) is 1. The van der Waals surface area contributed by atoms with Crippen molar-refractivity contribution in [3.05, 3.63) is 35.9 Å². The lowest BCUT2D eigenvalue weighted by Gasteiger charge is -2.18. The smallest absolute Gasteiger partial charge is 0.0107 e. The zero-order valence-electron chi connectivity index (χ0n) is 9.46. The van der Waals surface area contributed by atoms with E-state index in [2.05, 4.69) is 56.5 Å². The van der Waals surface area contributed by atoms with Crippen LogP contribution in [-0.2, 0) is 6.42 Å². The quantitative estimate of drug-likeness (QED) is 0.754. The van der Waals surface area contributed by atoms with E-state index in [1.165, 1.54) is 12.0 Å². The monoisotopic (exact) mass is 191 g/mol. The molecule has 0 saturated carbocycles. The average Bonchev–Trinajstić information content (AvgIpc) is 2.17. The summed E-state index contributed by atoms with van der Waals surface area (Å²) in [6.45, 7) is 4.55. The number of hydrogen-bond donors (Lipinski definition) is 1. The molecule has 0 radical (unpaired) electrons. The van der Waals surface area contributed by atoms with Gasteiger partial charge in [-0.25, -0.2) is 0 Å². The third kappa shape index (κ3) is 3.93. The maximum absolute atomic E-state index is 3.38. The van der Waals surface area contributed by atoms with Crippen molar-refractivity contribution in [2.45, 2.75) is 32.7 Å². The van der Waals surface area contributed by atoms with E-state index >= 15 is 0 Å². The summed E-state index contributed by atoms with van der Waals surface area (Å²) >= 11 is 0. The molecule has 1 unspecified atom stereocenters. The molecule has 14 heavy (non-hydrogen) atoms. The summed E-state index contributed by atoms with van der Waals surface area (Å²) in [5.74, 6) is 0.760. The van der Waals surface area contributed by atoms with Crippen LogP contribution in [0, 0.1) is 5.92 Å². The van der Waals surface area contributed by atoms with Gasteiger partial charge in [-0.15, -0.1) is 0 Å². The fourth-order valence-electron chi connectivity index (χ4n) is 1.77. The van der Waals surface area contributed by atoms with Crippen LogP contribution in [0.25, 0.3) is 0 Å². The minimum atomic E-state index is 0.609. The summed E-state index contributed by atoms with van der Waals surface area (Å²) in [5, 5.41) is 3.38. The average molecular weight is 191 g/mol. The molecular weight excluding hydrogens is 170 g/mol. The van der Waals surface area contributed by atoms with Crippen LogP contribution in [0.5, 0.6) is 0 Å². The Kier molecular flexibility index (Phi) is 4.68. The summed E-state index contributed by atoms with van der Waals surface area (Å²) in [6.07, 6.45) is 2.38. The highest BCUT2D eigenvalue weighted by Crippen LogP contribution is 2.10. The molecular formula is C13H21N. The highest BCUT2D eigenvalue weighted by atomic mass is 14.9. The van der Waals surface area contributed by atoms with Gasteiger partial charge in [0, 0.05) is 6.04 Å². The van der Waals surface area contributed by atoms with Gasteiger partial charge >= 0.3 is 0 Å². The van der Waals surface area contributed by atoms with Gasteiger partial charge < -0.3 is 5.32 Å². The molecule has 1 nitrogen and oxygen atoms in total. The summed E-state index contributed by atoms with van der Waals surface area (Å²) in [5.41, 5.74) is 1.42. The fraction of sp³-hybridized carbons (Fsp3) is 0.538. The van der Waals surface area contributed by atoms with Crippen molar-refractivity contribution in [2.75, 3.05) is 7.05 Å². The molecule has 1 atom stereocenters. The van der Waals surface area contributed by atoms with Crippen LogP contribution in [0.2, 0.25) is 0 Å². The van der Waals surface area contributed by atoms with Gasteiger partial charge in [-0.3, -0.25) is 0 Å². The number of rotatable bonds is 5. The van der Waals surface area contributed by atoms with Gasteiger partial charge in [0.15, 0.2) is 0 Å². The van der Waals surface area contributed by atoms with Gasteiger partial charge in [-0.05, 0) is 31.4 Å². The Morgan fingerprint density at radius 2 is 1.79 bits per heavy atom. The van der Waals surface area contributed by atoms with Crippen LogP contribution in [0.15, 0.2) is 30.3 Å². The van der Waals surface area contributed by atoms with Gasteiger partial charge in [0.2, 0.25) is 0 Å². The molecule has 0 heterocycles. The van der Waals surface area contributed by atoms with E-state index in [4.69, 9.17) is 0 Å².